The van der Waals surface area contributed by atoms with Crippen LogP contribution in [0, 0.1) is 17.0 Å². The van der Waals surface area contributed by atoms with E-state index < -0.39 is 14.9 Å². The van der Waals surface area contributed by atoms with Crippen molar-refractivity contribution < 1.29 is 18.1 Å². The van der Waals surface area contributed by atoms with Crippen LogP contribution in [-0.2, 0) is 10.0 Å². The van der Waals surface area contributed by atoms with E-state index in [1.54, 1.807) is 25.3 Å². The third-order valence-corrected chi connectivity index (χ3v) is 6.40. The molecule has 2 aromatic rings. The highest BCUT2D eigenvalue weighted by molar-refractivity contribution is 9.10. The van der Waals surface area contributed by atoms with E-state index in [0.29, 0.717) is 15.9 Å². The molecule has 8 nitrogen and oxygen atoms in total. The molecule has 0 spiro atoms. The van der Waals surface area contributed by atoms with Gasteiger partial charge in [0.1, 0.15) is 6.10 Å². The summed E-state index contributed by atoms with van der Waals surface area (Å²) in [5, 5.41) is 10.9. The Bertz CT molecular complexity index is 929. The molecule has 0 unspecified atom stereocenters. The molecule has 25 heavy (non-hydrogen) atoms. The number of benzene rings is 1. The molecule has 0 amide bonds. The van der Waals surface area contributed by atoms with Gasteiger partial charge >= 0.3 is 0 Å². The van der Waals surface area contributed by atoms with E-state index in [4.69, 9.17) is 4.74 Å². The van der Waals surface area contributed by atoms with Gasteiger partial charge in [-0.3, -0.25) is 10.1 Å². The Morgan fingerprint density at radius 2 is 2.08 bits per heavy atom. The SMILES string of the molecule is Cc1ccc([N+](=O)[O-])cc1S(=O)(=O)N1CC(Oc2ncccc2Br)C1. The molecule has 1 aliphatic rings. The van der Waals surface area contributed by atoms with Crippen LogP contribution in [0.5, 0.6) is 5.88 Å². The highest BCUT2D eigenvalue weighted by Crippen LogP contribution is 2.30. The number of hydrogen-bond acceptors (Lipinski definition) is 6. The molecule has 1 fully saturated rings. The van der Waals surface area contributed by atoms with Gasteiger partial charge in [-0.05, 0) is 40.5 Å². The monoisotopic (exact) mass is 427 g/mol. The summed E-state index contributed by atoms with van der Waals surface area (Å²) in [4.78, 5) is 14.3. The van der Waals surface area contributed by atoms with Crippen molar-refractivity contribution in [1.29, 1.82) is 0 Å². The number of nitrogens with zero attached hydrogens (tertiary/aromatic N) is 3. The third-order valence-electron chi connectivity index (χ3n) is 3.82. The Hall–Kier alpha value is -2.04. The molecule has 1 aliphatic heterocycles. The lowest BCUT2D eigenvalue weighted by atomic mass is 10.2. The second kappa shape index (κ2) is 6.70. The molecule has 0 aliphatic carbocycles. The van der Waals surface area contributed by atoms with Gasteiger partial charge in [0.2, 0.25) is 15.9 Å². The molecule has 0 N–H and O–H groups in total. The minimum atomic E-state index is -3.81. The Morgan fingerprint density at radius 3 is 2.72 bits per heavy atom. The summed E-state index contributed by atoms with van der Waals surface area (Å²) in [6.07, 6.45) is 1.26. The average molecular weight is 428 g/mol. The first-order chi connectivity index (χ1) is 11.8. The van der Waals surface area contributed by atoms with Crippen molar-refractivity contribution in [2.75, 3.05) is 13.1 Å². The van der Waals surface area contributed by atoms with Gasteiger partial charge < -0.3 is 4.74 Å². The van der Waals surface area contributed by atoms with Crippen LogP contribution in [0.15, 0.2) is 45.9 Å². The molecular formula is C15H14BrN3O5S. The van der Waals surface area contributed by atoms with Gasteiger partial charge in [-0.25, -0.2) is 13.4 Å². The molecule has 3 rings (SSSR count). The van der Waals surface area contributed by atoms with Crippen molar-refractivity contribution >= 4 is 31.6 Å². The van der Waals surface area contributed by atoms with Crippen LogP contribution < -0.4 is 4.74 Å². The lowest BCUT2D eigenvalue weighted by molar-refractivity contribution is -0.385. The smallest absolute Gasteiger partial charge is 0.270 e. The number of non-ortho nitro benzene ring substituents is 1. The number of aryl methyl sites for hydroxylation is 1. The zero-order valence-electron chi connectivity index (χ0n) is 13.1. The summed E-state index contributed by atoms with van der Waals surface area (Å²) in [7, 11) is -3.81. The van der Waals surface area contributed by atoms with Crippen LogP contribution >= 0.6 is 15.9 Å². The first-order valence-corrected chi connectivity index (χ1v) is 9.54. The molecule has 1 aromatic carbocycles. The Morgan fingerprint density at radius 1 is 1.36 bits per heavy atom. The van der Waals surface area contributed by atoms with Crippen LogP contribution in [0.25, 0.3) is 0 Å². The first kappa shape index (κ1) is 17.8. The molecule has 0 atom stereocenters. The summed E-state index contributed by atoms with van der Waals surface area (Å²) >= 11 is 3.32. The fourth-order valence-corrected chi connectivity index (χ4v) is 4.50. The second-order valence-corrected chi connectivity index (χ2v) is 8.32. The zero-order chi connectivity index (χ0) is 18.2. The number of pyridine rings is 1. The van der Waals surface area contributed by atoms with E-state index in [0.717, 1.165) is 6.07 Å². The fourth-order valence-electron chi connectivity index (χ4n) is 2.41. The number of halogens is 1. The van der Waals surface area contributed by atoms with Gasteiger partial charge in [0.05, 0.1) is 27.4 Å². The largest absolute Gasteiger partial charge is 0.471 e. The van der Waals surface area contributed by atoms with Crippen molar-refractivity contribution in [2.24, 2.45) is 0 Å². The van der Waals surface area contributed by atoms with Crippen LogP contribution in [0.3, 0.4) is 0 Å². The zero-order valence-corrected chi connectivity index (χ0v) is 15.5. The van der Waals surface area contributed by atoms with Crippen molar-refractivity contribution in [3.63, 3.8) is 0 Å². The van der Waals surface area contributed by atoms with Crippen molar-refractivity contribution in [1.82, 2.24) is 9.29 Å². The summed E-state index contributed by atoms with van der Waals surface area (Å²) < 4.78 is 33.0. The predicted octanol–water partition coefficient (Wildman–Crippen LogP) is 2.51. The van der Waals surface area contributed by atoms with Gasteiger partial charge in [0.15, 0.2) is 0 Å². The van der Waals surface area contributed by atoms with E-state index >= 15 is 0 Å². The summed E-state index contributed by atoms with van der Waals surface area (Å²) in [6, 6.07) is 7.34. The van der Waals surface area contributed by atoms with Gasteiger partial charge in [-0.2, -0.15) is 4.31 Å². The van der Waals surface area contributed by atoms with E-state index in [1.807, 2.05) is 0 Å². The molecule has 2 heterocycles. The maximum absolute atomic E-state index is 12.7. The summed E-state index contributed by atoms with van der Waals surface area (Å²) in [5.41, 5.74) is 0.206. The van der Waals surface area contributed by atoms with Crippen molar-refractivity contribution in [3.8, 4) is 5.88 Å². The maximum Gasteiger partial charge on any atom is 0.270 e. The highest BCUT2D eigenvalue weighted by atomic mass is 79.9. The van der Waals surface area contributed by atoms with Crippen LogP contribution in [0.4, 0.5) is 5.69 Å². The van der Waals surface area contributed by atoms with E-state index in [-0.39, 0.29) is 29.8 Å². The average Bonchev–Trinajstić information content (AvgIpc) is 2.51. The highest BCUT2D eigenvalue weighted by Gasteiger charge is 2.39. The molecule has 0 bridgehead atoms. The number of ether oxygens (including phenoxy) is 1. The Balaban J connectivity index is 1.74. The van der Waals surface area contributed by atoms with Crippen molar-refractivity contribution in [2.45, 2.75) is 17.9 Å². The second-order valence-electron chi connectivity index (χ2n) is 5.56. The standard InChI is InChI=1S/C15H14BrN3O5S/c1-10-4-5-11(19(20)21)7-14(10)25(22,23)18-8-12(9-18)24-15-13(16)3-2-6-17-15/h2-7,12H,8-9H2,1H3. The maximum atomic E-state index is 12.7. The lowest BCUT2D eigenvalue weighted by Crippen LogP contribution is -2.56. The van der Waals surface area contributed by atoms with Gasteiger partial charge in [0, 0.05) is 18.3 Å². The van der Waals surface area contributed by atoms with Gasteiger partial charge in [-0.1, -0.05) is 6.07 Å². The molecule has 1 aromatic heterocycles. The first-order valence-electron chi connectivity index (χ1n) is 7.31. The molecular weight excluding hydrogens is 414 g/mol. The molecule has 10 heteroatoms. The molecule has 1 saturated heterocycles. The van der Waals surface area contributed by atoms with Gasteiger partial charge in [-0.15, -0.1) is 0 Å². The molecule has 0 saturated carbocycles. The molecule has 0 radical (unpaired) electrons. The van der Waals surface area contributed by atoms with Crippen LogP contribution in [0.2, 0.25) is 0 Å². The summed E-state index contributed by atoms with van der Waals surface area (Å²) in [6.45, 7) is 1.93. The minimum Gasteiger partial charge on any atom is -0.471 e. The number of nitro benzene ring substituents is 1. The Kier molecular flexibility index (Phi) is 4.76. The number of aromatic nitrogens is 1. The third kappa shape index (κ3) is 3.51. The van der Waals surface area contributed by atoms with E-state index in [9.17, 15) is 18.5 Å². The predicted molar refractivity (Wildman–Crippen MR) is 92.9 cm³/mol. The number of rotatable bonds is 5. The number of hydrogen-bond donors (Lipinski definition) is 0. The van der Waals surface area contributed by atoms with Gasteiger partial charge in [0.25, 0.3) is 5.69 Å². The normalized spacial score (nSPS) is 15.6. The number of sulfonamides is 1. The van der Waals surface area contributed by atoms with Crippen LogP contribution in [-0.4, -0.2) is 41.8 Å². The van der Waals surface area contributed by atoms with Crippen LogP contribution in [0.1, 0.15) is 5.56 Å². The summed E-state index contributed by atoms with van der Waals surface area (Å²) in [5.74, 6) is 0.399. The quantitative estimate of drug-likeness (QED) is 0.536. The fraction of sp³-hybridized carbons (Fsp3) is 0.267. The minimum absolute atomic E-state index is 0.0563. The lowest BCUT2D eigenvalue weighted by Gasteiger charge is -2.37. The Labute approximate surface area is 152 Å². The van der Waals surface area contributed by atoms with E-state index in [2.05, 4.69) is 20.9 Å². The van der Waals surface area contributed by atoms with Crippen molar-refractivity contribution in [3.05, 3.63) is 56.7 Å². The number of nitro groups is 1. The van der Waals surface area contributed by atoms with E-state index in [1.165, 1.54) is 16.4 Å². The molecule has 132 valence electrons. The topological polar surface area (TPSA) is 103 Å².